The van der Waals surface area contributed by atoms with Crippen molar-refractivity contribution in [3.8, 4) is 23.2 Å². The first-order valence-electron chi connectivity index (χ1n) is 14.4. The average molecular weight is 609 g/mol. The lowest BCUT2D eigenvalue weighted by atomic mass is 9.81. The fraction of sp³-hybridized carbons (Fsp3) is 0.517. The summed E-state index contributed by atoms with van der Waals surface area (Å²) in [5, 5.41) is 16.9. The van der Waals surface area contributed by atoms with E-state index in [-0.39, 0.29) is 17.3 Å². The van der Waals surface area contributed by atoms with Crippen molar-refractivity contribution >= 4 is 39.1 Å². The zero-order valence-electron chi connectivity index (χ0n) is 23.7. The molecule has 5 heterocycles. The molecule has 3 aliphatic rings. The monoisotopic (exact) mass is 608 g/mol. The molecule has 0 amide bonds. The number of thioether (sulfide) groups is 1. The number of pyridine rings is 1. The van der Waals surface area contributed by atoms with Gasteiger partial charge in [-0.1, -0.05) is 18.8 Å². The van der Waals surface area contributed by atoms with Crippen LogP contribution < -0.4 is 10.2 Å². The Morgan fingerprint density at radius 3 is 2.64 bits per heavy atom. The van der Waals surface area contributed by atoms with Gasteiger partial charge in [-0.05, 0) is 37.2 Å². The van der Waals surface area contributed by atoms with Crippen LogP contribution in [0.15, 0.2) is 36.9 Å². The van der Waals surface area contributed by atoms with E-state index in [2.05, 4.69) is 53.9 Å². The molecule has 3 aromatic heterocycles. The zero-order chi connectivity index (χ0) is 29.2. The fourth-order valence-corrected chi connectivity index (χ4v) is 7.55. The van der Waals surface area contributed by atoms with Gasteiger partial charge in [-0.2, -0.15) is 20.9 Å². The Balaban J connectivity index is 1.22. The van der Waals surface area contributed by atoms with Gasteiger partial charge >= 0.3 is 0 Å². The standard InChI is InChI=1S/C29H36N8O3S2/c1-29(21-38)7-11-36(12-8-29)25-17-27(31-18-22(25)3-2-10-35-13-15-41-16-14-35)33-26-6-9-30-28(34-26)23-19-32-37(20-23)42(39,40)24-4-5-24/h6,9,17-20,24,38H,4-5,7-8,10-16,21H2,1H3,(H,30,31,33,34). The van der Waals surface area contributed by atoms with E-state index < -0.39 is 10.0 Å². The van der Waals surface area contributed by atoms with Gasteiger partial charge in [0.15, 0.2) is 5.82 Å². The molecule has 3 aromatic rings. The summed E-state index contributed by atoms with van der Waals surface area (Å²) in [6.45, 7) is 6.85. The van der Waals surface area contributed by atoms with Crippen molar-refractivity contribution in [3.63, 3.8) is 0 Å². The van der Waals surface area contributed by atoms with E-state index in [9.17, 15) is 13.5 Å². The number of aromatic nitrogens is 5. The van der Waals surface area contributed by atoms with Gasteiger partial charge in [0.05, 0.1) is 41.0 Å². The largest absolute Gasteiger partial charge is 0.396 e. The van der Waals surface area contributed by atoms with Crippen LogP contribution in [0.25, 0.3) is 11.4 Å². The summed E-state index contributed by atoms with van der Waals surface area (Å²) >= 11 is 1.99. The molecule has 2 N–H and O–H groups in total. The number of piperidine rings is 1. The van der Waals surface area contributed by atoms with E-state index in [1.54, 1.807) is 12.3 Å². The number of aliphatic hydroxyl groups is 1. The topological polar surface area (TPSA) is 129 Å². The minimum Gasteiger partial charge on any atom is -0.396 e. The molecule has 1 saturated carbocycles. The van der Waals surface area contributed by atoms with Gasteiger partial charge in [0.2, 0.25) is 0 Å². The maximum absolute atomic E-state index is 12.5. The Morgan fingerprint density at radius 2 is 1.90 bits per heavy atom. The minimum absolute atomic E-state index is 0.0636. The van der Waals surface area contributed by atoms with Gasteiger partial charge in [0.1, 0.15) is 11.6 Å². The SMILES string of the molecule is CC1(CO)CCN(c2cc(Nc3ccnc(-c4cnn(S(=O)(=O)C5CC5)c4)n3)ncc2C#CCN2CCSCC2)CC1. The summed E-state index contributed by atoms with van der Waals surface area (Å²) in [6, 6.07) is 3.75. The van der Waals surface area contributed by atoms with Crippen molar-refractivity contribution in [2.24, 2.45) is 5.41 Å². The smallest absolute Gasteiger partial charge is 0.256 e. The molecule has 3 fully saturated rings. The predicted molar refractivity (Wildman–Crippen MR) is 165 cm³/mol. The van der Waals surface area contributed by atoms with Crippen LogP contribution in [0.1, 0.15) is 38.2 Å². The maximum atomic E-state index is 12.5. The predicted octanol–water partition coefficient (Wildman–Crippen LogP) is 2.82. The van der Waals surface area contributed by atoms with Gasteiger partial charge in [0.25, 0.3) is 10.0 Å². The number of hydrogen-bond acceptors (Lipinski definition) is 11. The van der Waals surface area contributed by atoms with Crippen molar-refractivity contribution < 1.29 is 13.5 Å². The average Bonchev–Trinajstić information content (AvgIpc) is 3.76. The Labute approximate surface area is 251 Å². The van der Waals surface area contributed by atoms with Crippen molar-refractivity contribution in [3.05, 3.63) is 42.5 Å². The normalized spacial score (nSPS) is 19.2. The van der Waals surface area contributed by atoms with Gasteiger partial charge in [-0.3, -0.25) is 4.90 Å². The minimum atomic E-state index is -3.46. The lowest BCUT2D eigenvalue weighted by molar-refractivity contribution is 0.115. The van der Waals surface area contributed by atoms with Crippen molar-refractivity contribution in [2.75, 3.05) is 61.1 Å². The maximum Gasteiger partial charge on any atom is 0.256 e. The van der Waals surface area contributed by atoms with E-state index >= 15 is 0 Å². The second kappa shape index (κ2) is 12.2. The summed E-state index contributed by atoms with van der Waals surface area (Å²) in [5.41, 5.74) is 2.35. The number of nitrogens with one attached hydrogen (secondary N) is 1. The van der Waals surface area contributed by atoms with Crippen LogP contribution in [-0.2, 0) is 10.0 Å². The molecule has 42 heavy (non-hydrogen) atoms. The number of aliphatic hydroxyl groups excluding tert-OH is 1. The first-order valence-corrected chi connectivity index (χ1v) is 17.0. The fourth-order valence-electron chi connectivity index (χ4n) is 5.10. The molecule has 0 atom stereocenters. The number of anilines is 3. The Kier molecular flexibility index (Phi) is 8.40. The van der Waals surface area contributed by atoms with Crippen LogP contribution in [0, 0.1) is 17.3 Å². The third kappa shape index (κ3) is 6.57. The van der Waals surface area contributed by atoms with Crippen LogP contribution in [-0.4, -0.2) is 98.6 Å². The Hall–Kier alpha value is -3.18. The van der Waals surface area contributed by atoms with E-state index in [1.807, 2.05) is 24.0 Å². The van der Waals surface area contributed by atoms with Crippen LogP contribution in [0.3, 0.4) is 0 Å². The number of nitrogens with zero attached hydrogens (tertiary/aromatic N) is 7. The van der Waals surface area contributed by atoms with E-state index in [1.165, 1.54) is 12.4 Å². The highest BCUT2D eigenvalue weighted by Crippen LogP contribution is 2.35. The van der Waals surface area contributed by atoms with Crippen LogP contribution in [0.5, 0.6) is 0 Å². The molecule has 1 aliphatic carbocycles. The molecule has 0 spiro atoms. The second-order valence-corrected chi connectivity index (χ2v) is 14.8. The van der Waals surface area contributed by atoms with Crippen LogP contribution >= 0.6 is 11.8 Å². The lowest BCUT2D eigenvalue weighted by Gasteiger charge is -2.39. The molecule has 11 nitrogen and oxygen atoms in total. The summed E-state index contributed by atoms with van der Waals surface area (Å²) in [4.78, 5) is 18.3. The first-order chi connectivity index (χ1) is 20.3. The first kappa shape index (κ1) is 28.9. The van der Waals surface area contributed by atoms with E-state index in [0.29, 0.717) is 35.9 Å². The Bertz CT molecular complexity index is 1580. The Morgan fingerprint density at radius 1 is 1.12 bits per heavy atom. The summed E-state index contributed by atoms with van der Waals surface area (Å²) in [6.07, 6.45) is 9.50. The third-order valence-corrected chi connectivity index (χ3v) is 11.1. The number of hydrogen-bond donors (Lipinski definition) is 2. The molecule has 0 aromatic carbocycles. The molecule has 13 heteroatoms. The molecule has 2 saturated heterocycles. The van der Waals surface area contributed by atoms with Crippen LogP contribution in [0.4, 0.5) is 17.3 Å². The highest BCUT2D eigenvalue weighted by molar-refractivity contribution is 7.99. The van der Waals surface area contributed by atoms with E-state index in [0.717, 1.165) is 72.4 Å². The molecule has 0 radical (unpaired) electrons. The molecule has 222 valence electrons. The molecular formula is C29H36N8O3S2. The van der Waals surface area contributed by atoms with E-state index in [4.69, 9.17) is 0 Å². The summed E-state index contributed by atoms with van der Waals surface area (Å²) in [7, 11) is -3.46. The zero-order valence-corrected chi connectivity index (χ0v) is 25.4. The molecule has 2 aliphatic heterocycles. The highest BCUT2D eigenvalue weighted by atomic mass is 32.2. The van der Waals surface area contributed by atoms with Gasteiger partial charge < -0.3 is 15.3 Å². The van der Waals surface area contributed by atoms with Gasteiger partial charge in [0, 0.05) is 62.8 Å². The third-order valence-electron chi connectivity index (χ3n) is 8.14. The molecule has 0 unspecified atom stereocenters. The quantitative estimate of drug-likeness (QED) is 0.366. The molecule has 6 rings (SSSR count). The molecular weight excluding hydrogens is 573 g/mol. The van der Waals surface area contributed by atoms with Gasteiger partial charge in [-0.15, -0.1) is 0 Å². The van der Waals surface area contributed by atoms with Crippen molar-refractivity contribution in [1.29, 1.82) is 0 Å². The lowest BCUT2D eigenvalue weighted by Crippen LogP contribution is -2.40. The van der Waals surface area contributed by atoms with Gasteiger partial charge in [-0.25, -0.2) is 23.4 Å². The van der Waals surface area contributed by atoms with Crippen LogP contribution in [0.2, 0.25) is 0 Å². The van der Waals surface area contributed by atoms with Crippen molar-refractivity contribution in [1.82, 2.24) is 29.0 Å². The highest BCUT2D eigenvalue weighted by Gasteiger charge is 2.37. The van der Waals surface area contributed by atoms with Crippen molar-refractivity contribution in [2.45, 2.75) is 37.9 Å². The second-order valence-electron chi connectivity index (χ2n) is 11.5. The summed E-state index contributed by atoms with van der Waals surface area (Å²) in [5.74, 6) is 10.6. The number of rotatable bonds is 8. The summed E-state index contributed by atoms with van der Waals surface area (Å²) < 4.78 is 26.1. The molecule has 0 bridgehead atoms.